The molecule has 0 spiro atoms. The van der Waals surface area contributed by atoms with E-state index in [9.17, 15) is 8.42 Å². The molecule has 1 aromatic rings. The zero-order chi connectivity index (χ0) is 12.5. The van der Waals surface area contributed by atoms with Gasteiger partial charge in [-0.2, -0.15) is 4.31 Å². The standard InChI is InChI=1S/C10H17N3O3S/c1-8-6-13(4-3-11-8)17(14,15)7-10-5-9(2)16-12-10/h5,8,11H,3-4,6-7H2,1-2H3/t8-/m0/s1. The van der Waals surface area contributed by atoms with E-state index in [0.29, 0.717) is 31.1 Å². The Morgan fingerprint density at radius 3 is 3.00 bits per heavy atom. The predicted molar refractivity (Wildman–Crippen MR) is 62.9 cm³/mol. The first-order chi connectivity index (χ1) is 7.97. The molecule has 96 valence electrons. The molecule has 1 saturated heterocycles. The molecule has 1 fully saturated rings. The third-order valence-corrected chi connectivity index (χ3v) is 4.51. The fourth-order valence-corrected chi connectivity index (χ4v) is 3.43. The molecule has 0 aromatic carbocycles. The number of sulfonamides is 1. The molecule has 6 nitrogen and oxygen atoms in total. The van der Waals surface area contributed by atoms with Crippen LogP contribution in [0.4, 0.5) is 0 Å². The van der Waals surface area contributed by atoms with Gasteiger partial charge in [0.1, 0.15) is 17.2 Å². The monoisotopic (exact) mass is 259 g/mol. The summed E-state index contributed by atoms with van der Waals surface area (Å²) < 4.78 is 30.6. The molecule has 2 heterocycles. The molecule has 17 heavy (non-hydrogen) atoms. The fourth-order valence-electron chi connectivity index (χ4n) is 1.91. The minimum atomic E-state index is -3.29. The van der Waals surface area contributed by atoms with E-state index in [0.717, 1.165) is 0 Å². The van der Waals surface area contributed by atoms with Crippen molar-refractivity contribution in [2.45, 2.75) is 25.6 Å². The Hall–Kier alpha value is -0.920. The van der Waals surface area contributed by atoms with Gasteiger partial charge in [-0.3, -0.25) is 0 Å². The van der Waals surface area contributed by atoms with Gasteiger partial charge in [-0.05, 0) is 13.8 Å². The second-order valence-electron chi connectivity index (χ2n) is 4.40. The van der Waals surface area contributed by atoms with Crippen LogP contribution in [0.2, 0.25) is 0 Å². The lowest BCUT2D eigenvalue weighted by Crippen LogP contribution is -2.51. The molecule has 0 unspecified atom stereocenters. The molecule has 0 amide bonds. The van der Waals surface area contributed by atoms with Gasteiger partial charge < -0.3 is 9.84 Å². The quantitative estimate of drug-likeness (QED) is 0.833. The van der Waals surface area contributed by atoms with Crippen LogP contribution in [0.1, 0.15) is 18.4 Å². The van der Waals surface area contributed by atoms with E-state index in [1.807, 2.05) is 6.92 Å². The molecule has 1 aromatic heterocycles. The third-order valence-electron chi connectivity index (χ3n) is 2.73. The lowest BCUT2D eigenvalue weighted by atomic mass is 10.3. The maximum Gasteiger partial charge on any atom is 0.220 e. The van der Waals surface area contributed by atoms with E-state index < -0.39 is 10.0 Å². The fraction of sp³-hybridized carbons (Fsp3) is 0.700. The first-order valence-electron chi connectivity index (χ1n) is 5.61. The zero-order valence-corrected chi connectivity index (χ0v) is 10.8. The van der Waals surface area contributed by atoms with Crippen molar-refractivity contribution in [3.8, 4) is 0 Å². The van der Waals surface area contributed by atoms with Gasteiger partial charge in [-0.25, -0.2) is 8.42 Å². The van der Waals surface area contributed by atoms with E-state index in [1.165, 1.54) is 4.31 Å². The van der Waals surface area contributed by atoms with Crippen LogP contribution >= 0.6 is 0 Å². The molecule has 1 aliphatic rings. The summed E-state index contributed by atoms with van der Waals surface area (Å²) in [4.78, 5) is 0. The molecule has 7 heteroatoms. The summed E-state index contributed by atoms with van der Waals surface area (Å²) in [5, 5.41) is 6.93. The lowest BCUT2D eigenvalue weighted by molar-refractivity contribution is 0.309. The Balaban J connectivity index is 2.08. The summed E-state index contributed by atoms with van der Waals surface area (Å²) in [5.74, 6) is 0.542. The highest BCUT2D eigenvalue weighted by Crippen LogP contribution is 2.13. The second kappa shape index (κ2) is 4.75. The van der Waals surface area contributed by atoms with Gasteiger partial charge >= 0.3 is 0 Å². The summed E-state index contributed by atoms with van der Waals surface area (Å²) in [7, 11) is -3.29. The number of hydrogen-bond donors (Lipinski definition) is 1. The average molecular weight is 259 g/mol. The normalized spacial score (nSPS) is 22.8. The Bertz CT molecular complexity index is 483. The Morgan fingerprint density at radius 2 is 2.41 bits per heavy atom. The highest BCUT2D eigenvalue weighted by Gasteiger charge is 2.27. The minimum Gasteiger partial charge on any atom is -0.361 e. The van der Waals surface area contributed by atoms with Crippen molar-refractivity contribution >= 4 is 10.0 Å². The predicted octanol–water partition coefficient (Wildman–Crippen LogP) is 0.107. The Kier molecular flexibility index (Phi) is 3.50. The largest absolute Gasteiger partial charge is 0.361 e. The zero-order valence-electron chi connectivity index (χ0n) is 10.0. The van der Waals surface area contributed by atoms with Crippen molar-refractivity contribution in [2.24, 2.45) is 0 Å². The van der Waals surface area contributed by atoms with Crippen LogP contribution in [0.15, 0.2) is 10.6 Å². The molecule has 1 atom stereocenters. The Morgan fingerprint density at radius 1 is 1.65 bits per heavy atom. The number of hydrogen-bond acceptors (Lipinski definition) is 5. The van der Waals surface area contributed by atoms with Gasteiger partial charge in [0.2, 0.25) is 10.0 Å². The Labute approximate surface area is 101 Å². The molecule has 2 rings (SSSR count). The maximum absolute atomic E-state index is 12.1. The molecule has 0 bridgehead atoms. The summed E-state index contributed by atoms with van der Waals surface area (Å²) in [6, 6.07) is 1.85. The number of rotatable bonds is 3. The third kappa shape index (κ3) is 3.05. The van der Waals surface area contributed by atoms with Crippen LogP contribution < -0.4 is 5.32 Å². The smallest absolute Gasteiger partial charge is 0.220 e. The molecule has 0 saturated carbocycles. The van der Waals surface area contributed by atoms with Gasteiger partial charge in [0.05, 0.1) is 0 Å². The van der Waals surface area contributed by atoms with E-state index in [4.69, 9.17) is 4.52 Å². The summed E-state index contributed by atoms with van der Waals surface area (Å²) >= 11 is 0. The van der Waals surface area contributed by atoms with Crippen molar-refractivity contribution < 1.29 is 12.9 Å². The van der Waals surface area contributed by atoms with Crippen LogP contribution in [0, 0.1) is 6.92 Å². The number of nitrogens with one attached hydrogen (secondary N) is 1. The van der Waals surface area contributed by atoms with Gasteiger partial charge in [-0.1, -0.05) is 5.16 Å². The van der Waals surface area contributed by atoms with Crippen molar-refractivity contribution in [3.05, 3.63) is 17.5 Å². The molecular formula is C10H17N3O3S. The van der Waals surface area contributed by atoms with Crippen molar-refractivity contribution in [2.75, 3.05) is 19.6 Å². The number of piperazine rings is 1. The highest BCUT2D eigenvalue weighted by atomic mass is 32.2. The molecular weight excluding hydrogens is 242 g/mol. The average Bonchev–Trinajstić information content (AvgIpc) is 2.63. The molecule has 0 aliphatic carbocycles. The second-order valence-corrected chi connectivity index (χ2v) is 6.37. The highest BCUT2D eigenvalue weighted by molar-refractivity contribution is 7.88. The number of aromatic nitrogens is 1. The van der Waals surface area contributed by atoms with Gasteiger partial charge in [0, 0.05) is 31.7 Å². The molecule has 0 radical (unpaired) electrons. The van der Waals surface area contributed by atoms with E-state index in [2.05, 4.69) is 10.5 Å². The van der Waals surface area contributed by atoms with E-state index in [-0.39, 0.29) is 11.8 Å². The van der Waals surface area contributed by atoms with E-state index >= 15 is 0 Å². The first kappa shape index (κ1) is 12.5. The van der Waals surface area contributed by atoms with Crippen molar-refractivity contribution in [1.82, 2.24) is 14.8 Å². The lowest BCUT2D eigenvalue weighted by Gasteiger charge is -2.30. The number of aryl methyl sites for hydroxylation is 1. The van der Waals surface area contributed by atoms with Crippen LogP contribution in [0.25, 0.3) is 0 Å². The summed E-state index contributed by atoms with van der Waals surface area (Å²) in [6.45, 7) is 5.44. The first-order valence-corrected chi connectivity index (χ1v) is 7.22. The topological polar surface area (TPSA) is 75.4 Å². The summed E-state index contributed by atoms with van der Waals surface area (Å²) in [5.41, 5.74) is 0.466. The molecule has 1 N–H and O–H groups in total. The van der Waals surface area contributed by atoms with Gasteiger partial charge in [0.15, 0.2) is 0 Å². The summed E-state index contributed by atoms with van der Waals surface area (Å²) in [6.07, 6.45) is 0. The van der Waals surface area contributed by atoms with Crippen molar-refractivity contribution in [1.29, 1.82) is 0 Å². The van der Waals surface area contributed by atoms with Crippen LogP contribution in [0.5, 0.6) is 0 Å². The number of nitrogens with zero attached hydrogens (tertiary/aromatic N) is 2. The van der Waals surface area contributed by atoms with Crippen LogP contribution in [-0.2, 0) is 15.8 Å². The van der Waals surface area contributed by atoms with E-state index in [1.54, 1.807) is 13.0 Å². The van der Waals surface area contributed by atoms with Gasteiger partial charge in [0.25, 0.3) is 0 Å². The van der Waals surface area contributed by atoms with Crippen molar-refractivity contribution in [3.63, 3.8) is 0 Å². The molecule has 1 aliphatic heterocycles. The van der Waals surface area contributed by atoms with Crippen LogP contribution in [-0.4, -0.2) is 43.6 Å². The van der Waals surface area contributed by atoms with Gasteiger partial charge in [-0.15, -0.1) is 0 Å². The SMILES string of the molecule is Cc1cc(CS(=O)(=O)N2CCN[C@@H](C)C2)no1. The van der Waals surface area contributed by atoms with Crippen LogP contribution in [0.3, 0.4) is 0 Å². The minimum absolute atomic E-state index is 0.0863. The maximum atomic E-state index is 12.1.